The van der Waals surface area contributed by atoms with E-state index in [1.54, 1.807) is 5.57 Å². The van der Waals surface area contributed by atoms with Crippen molar-refractivity contribution in [2.75, 3.05) is 0 Å². The van der Waals surface area contributed by atoms with Crippen LogP contribution in [0.15, 0.2) is 23.4 Å². The van der Waals surface area contributed by atoms with Crippen molar-refractivity contribution in [2.24, 2.45) is 17.6 Å². The highest BCUT2D eigenvalue weighted by atomic mass is 14.6. The van der Waals surface area contributed by atoms with Crippen molar-refractivity contribution in [3.8, 4) is 0 Å². The fourth-order valence-electron chi connectivity index (χ4n) is 3.00. The van der Waals surface area contributed by atoms with Gasteiger partial charge in [-0.1, -0.05) is 51.8 Å². The molecule has 0 aliphatic heterocycles. The van der Waals surface area contributed by atoms with E-state index in [2.05, 4.69) is 32.9 Å². The topological polar surface area (TPSA) is 26.0 Å². The number of hydrogen-bond acceptors (Lipinski definition) is 1. The van der Waals surface area contributed by atoms with E-state index in [-0.39, 0.29) is 0 Å². The molecule has 1 nitrogen and oxygen atoms in total. The molecule has 0 fully saturated rings. The molecule has 0 aromatic carbocycles. The number of nitrogens with two attached hydrogens (primary N) is 1. The summed E-state index contributed by atoms with van der Waals surface area (Å²) in [5.74, 6) is 1.23. The van der Waals surface area contributed by atoms with E-state index in [1.807, 2.05) is 13.8 Å². The number of allylic oxidation sites excluding steroid dienone is 4. The SMILES string of the molecule is CC.CCCC1C(C)=CCCCC/C=C(\N)C1CC. The summed E-state index contributed by atoms with van der Waals surface area (Å²) in [6.07, 6.45) is 13.4. The average molecular weight is 265 g/mol. The lowest BCUT2D eigenvalue weighted by Crippen LogP contribution is -2.22. The lowest BCUT2D eigenvalue weighted by atomic mass is 9.78. The minimum absolute atomic E-state index is 0.560. The molecule has 0 spiro atoms. The summed E-state index contributed by atoms with van der Waals surface area (Å²) in [6.45, 7) is 10.9. The predicted molar refractivity (Wildman–Crippen MR) is 88.0 cm³/mol. The van der Waals surface area contributed by atoms with Gasteiger partial charge in [0.2, 0.25) is 0 Å². The Bertz CT molecular complexity index is 275. The van der Waals surface area contributed by atoms with E-state index in [9.17, 15) is 0 Å². The zero-order valence-electron chi connectivity index (χ0n) is 13.8. The van der Waals surface area contributed by atoms with Crippen LogP contribution in [-0.4, -0.2) is 0 Å². The summed E-state index contributed by atoms with van der Waals surface area (Å²) in [5, 5.41) is 0. The van der Waals surface area contributed by atoms with Crippen LogP contribution in [0, 0.1) is 11.8 Å². The normalized spacial score (nSPS) is 27.4. The van der Waals surface area contributed by atoms with E-state index in [0.717, 1.165) is 18.5 Å². The van der Waals surface area contributed by atoms with Crippen molar-refractivity contribution in [2.45, 2.75) is 79.6 Å². The summed E-state index contributed by atoms with van der Waals surface area (Å²) >= 11 is 0. The van der Waals surface area contributed by atoms with Gasteiger partial charge < -0.3 is 5.73 Å². The third-order valence-electron chi connectivity index (χ3n) is 4.04. The van der Waals surface area contributed by atoms with Crippen LogP contribution in [0.4, 0.5) is 0 Å². The van der Waals surface area contributed by atoms with Crippen LogP contribution < -0.4 is 5.73 Å². The first-order valence-corrected chi connectivity index (χ1v) is 8.32. The van der Waals surface area contributed by atoms with Crippen molar-refractivity contribution in [3.63, 3.8) is 0 Å². The molecule has 0 radical (unpaired) electrons. The highest BCUT2D eigenvalue weighted by molar-refractivity contribution is 5.14. The standard InChI is InChI=1S/C16H29N.C2H6/c1-4-10-15-13(3)11-8-6-7-9-12-16(17)14(15)5-2;1-2/h11-12,14-15H,4-10,17H2,1-3H3;1-2H3/b13-11?,16-12-;. The Kier molecular flexibility index (Phi) is 10.7. The van der Waals surface area contributed by atoms with Crippen LogP contribution in [-0.2, 0) is 0 Å². The Morgan fingerprint density at radius 1 is 1.05 bits per heavy atom. The number of hydrogen-bond donors (Lipinski definition) is 1. The van der Waals surface area contributed by atoms with Gasteiger partial charge in [0.25, 0.3) is 0 Å². The van der Waals surface area contributed by atoms with Gasteiger partial charge in [0, 0.05) is 11.6 Å². The van der Waals surface area contributed by atoms with E-state index in [4.69, 9.17) is 5.73 Å². The van der Waals surface area contributed by atoms with Crippen molar-refractivity contribution >= 4 is 0 Å². The first kappa shape index (κ1) is 18.3. The van der Waals surface area contributed by atoms with Crippen LogP contribution in [0.1, 0.15) is 79.6 Å². The molecule has 2 N–H and O–H groups in total. The van der Waals surface area contributed by atoms with Crippen LogP contribution in [0.25, 0.3) is 0 Å². The monoisotopic (exact) mass is 265 g/mol. The molecule has 0 saturated carbocycles. The molecule has 112 valence electrons. The first-order chi connectivity index (χ1) is 9.20. The smallest absolute Gasteiger partial charge is 0.00774 e. The van der Waals surface area contributed by atoms with Crippen molar-refractivity contribution in [3.05, 3.63) is 23.4 Å². The van der Waals surface area contributed by atoms with Gasteiger partial charge in [-0.3, -0.25) is 0 Å². The molecule has 0 aromatic heterocycles. The third-order valence-corrected chi connectivity index (χ3v) is 4.04. The zero-order valence-corrected chi connectivity index (χ0v) is 13.8. The highest BCUT2D eigenvalue weighted by Gasteiger charge is 2.23. The van der Waals surface area contributed by atoms with Gasteiger partial charge in [0.05, 0.1) is 0 Å². The average Bonchev–Trinajstić information content (AvgIpc) is 2.44. The summed E-state index contributed by atoms with van der Waals surface area (Å²) in [6, 6.07) is 0. The molecule has 1 aliphatic carbocycles. The zero-order chi connectivity index (χ0) is 14.7. The predicted octanol–water partition coefficient (Wildman–Crippen LogP) is 5.82. The fraction of sp³-hybridized carbons (Fsp3) is 0.778. The van der Waals surface area contributed by atoms with Gasteiger partial charge >= 0.3 is 0 Å². The summed E-state index contributed by atoms with van der Waals surface area (Å²) in [4.78, 5) is 0. The highest BCUT2D eigenvalue weighted by Crippen LogP contribution is 2.32. The number of rotatable bonds is 3. The Morgan fingerprint density at radius 3 is 2.16 bits per heavy atom. The molecule has 1 rings (SSSR count). The van der Waals surface area contributed by atoms with Gasteiger partial charge in [0.1, 0.15) is 0 Å². The second kappa shape index (κ2) is 11.1. The van der Waals surface area contributed by atoms with E-state index in [0.29, 0.717) is 11.8 Å². The molecular weight excluding hydrogens is 230 g/mol. The van der Waals surface area contributed by atoms with Crippen molar-refractivity contribution in [1.82, 2.24) is 0 Å². The maximum atomic E-state index is 6.30. The molecule has 19 heavy (non-hydrogen) atoms. The van der Waals surface area contributed by atoms with Crippen LogP contribution in [0.5, 0.6) is 0 Å². The summed E-state index contributed by atoms with van der Waals surface area (Å²) in [5.41, 5.74) is 9.00. The Labute approximate surface area is 121 Å². The maximum absolute atomic E-state index is 6.30. The molecule has 2 unspecified atom stereocenters. The third kappa shape index (κ3) is 6.31. The summed E-state index contributed by atoms with van der Waals surface area (Å²) < 4.78 is 0. The lowest BCUT2D eigenvalue weighted by molar-refractivity contribution is 0.385. The van der Waals surface area contributed by atoms with Gasteiger partial charge in [-0.25, -0.2) is 0 Å². The molecule has 0 aromatic rings. The molecule has 1 aliphatic rings. The minimum Gasteiger partial charge on any atom is -0.402 e. The van der Waals surface area contributed by atoms with Crippen molar-refractivity contribution < 1.29 is 0 Å². The Hall–Kier alpha value is -0.720. The van der Waals surface area contributed by atoms with E-state index < -0.39 is 0 Å². The molecule has 0 bridgehead atoms. The molecule has 2 atom stereocenters. The summed E-state index contributed by atoms with van der Waals surface area (Å²) in [7, 11) is 0. The Balaban J connectivity index is 0.00000154. The van der Waals surface area contributed by atoms with Gasteiger partial charge in [-0.15, -0.1) is 0 Å². The molecule has 0 heterocycles. The maximum Gasteiger partial charge on any atom is 0.00774 e. The van der Waals surface area contributed by atoms with Crippen LogP contribution in [0.3, 0.4) is 0 Å². The van der Waals surface area contributed by atoms with E-state index in [1.165, 1.54) is 32.1 Å². The van der Waals surface area contributed by atoms with Crippen molar-refractivity contribution in [1.29, 1.82) is 0 Å². The van der Waals surface area contributed by atoms with Gasteiger partial charge in [-0.05, 0) is 51.4 Å². The van der Waals surface area contributed by atoms with E-state index >= 15 is 0 Å². The second-order valence-corrected chi connectivity index (χ2v) is 5.35. The van der Waals surface area contributed by atoms with Gasteiger partial charge in [-0.2, -0.15) is 0 Å². The molecular formula is C18H35N. The van der Waals surface area contributed by atoms with Crippen LogP contribution in [0.2, 0.25) is 0 Å². The Morgan fingerprint density at radius 2 is 1.63 bits per heavy atom. The quantitative estimate of drug-likeness (QED) is 0.639. The lowest BCUT2D eigenvalue weighted by Gasteiger charge is -2.28. The minimum atomic E-state index is 0.560. The molecule has 0 amide bonds. The second-order valence-electron chi connectivity index (χ2n) is 5.35. The molecule has 1 heteroatoms. The van der Waals surface area contributed by atoms with Crippen LogP contribution >= 0.6 is 0 Å². The first-order valence-electron chi connectivity index (χ1n) is 8.32. The molecule has 0 saturated heterocycles. The van der Waals surface area contributed by atoms with Gasteiger partial charge in [0.15, 0.2) is 0 Å². The fourth-order valence-corrected chi connectivity index (χ4v) is 3.00. The largest absolute Gasteiger partial charge is 0.402 e.